The Morgan fingerprint density at radius 1 is 1.29 bits per heavy atom. The SMILES string of the molecule is N/C(=N/O)c1cccc(C(=O)NCCCCC(F)(F)F)c1. The molecule has 0 aliphatic rings. The number of nitrogens with one attached hydrogen (secondary N) is 1. The quantitative estimate of drug-likeness (QED) is 0.248. The first-order chi connectivity index (χ1) is 9.83. The molecule has 4 N–H and O–H groups in total. The fourth-order valence-electron chi connectivity index (χ4n) is 1.63. The molecule has 1 aromatic rings. The number of carbonyl (C=O) groups is 1. The molecule has 0 fully saturated rings. The van der Waals surface area contributed by atoms with Gasteiger partial charge in [0, 0.05) is 24.1 Å². The molecular weight excluding hydrogens is 287 g/mol. The van der Waals surface area contributed by atoms with E-state index < -0.39 is 18.5 Å². The van der Waals surface area contributed by atoms with Gasteiger partial charge in [-0.25, -0.2) is 0 Å². The number of oxime groups is 1. The maximum atomic E-state index is 11.9. The van der Waals surface area contributed by atoms with Crippen LogP contribution in [0.4, 0.5) is 13.2 Å². The van der Waals surface area contributed by atoms with Crippen LogP contribution in [0.3, 0.4) is 0 Å². The van der Waals surface area contributed by atoms with Gasteiger partial charge in [-0.2, -0.15) is 13.2 Å². The molecule has 116 valence electrons. The van der Waals surface area contributed by atoms with E-state index in [1.807, 2.05) is 0 Å². The van der Waals surface area contributed by atoms with E-state index in [-0.39, 0.29) is 30.8 Å². The topological polar surface area (TPSA) is 87.7 Å². The van der Waals surface area contributed by atoms with Gasteiger partial charge in [-0.15, -0.1) is 0 Å². The minimum Gasteiger partial charge on any atom is -0.409 e. The highest BCUT2D eigenvalue weighted by molar-refractivity contribution is 6.01. The first-order valence-electron chi connectivity index (χ1n) is 6.26. The lowest BCUT2D eigenvalue weighted by Crippen LogP contribution is -2.25. The molecule has 0 unspecified atom stereocenters. The number of amidine groups is 1. The Morgan fingerprint density at radius 3 is 2.57 bits per heavy atom. The molecule has 8 heteroatoms. The average Bonchev–Trinajstić information content (AvgIpc) is 2.44. The fraction of sp³-hybridized carbons (Fsp3) is 0.385. The third kappa shape index (κ3) is 6.15. The van der Waals surface area contributed by atoms with Crippen LogP contribution in [0.5, 0.6) is 0 Å². The highest BCUT2D eigenvalue weighted by Gasteiger charge is 2.25. The van der Waals surface area contributed by atoms with E-state index >= 15 is 0 Å². The van der Waals surface area contributed by atoms with Crippen molar-refractivity contribution in [1.82, 2.24) is 5.32 Å². The van der Waals surface area contributed by atoms with Gasteiger partial charge in [0.25, 0.3) is 5.91 Å². The summed E-state index contributed by atoms with van der Waals surface area (Å²) in [5.74, 6) is -0.551. The van der Waals surface area contributed by atoms with E-state index in [0.717, 1.165) is 0 Å². The van der Waals surface area contributed by atoms with Crippen molar-refractivity contribution in [3.8, 4) is 0 Å². The van der Waals surface area contributed by atoms with Gasteiger partial charge in [-0.1, -0.05) is 17.3 Å². The first kappa shape index (κ1) is 16.8. The second-order valence-electron chi connectivity index (χ2n) is 4.39. The molecule has 0 saturated heterocycles. The summed E-state index contributed by atoms with van der Waals surface area (Å²) in [5, 5.41) is 13.9. The number of nitrogens with two attached hydrogens (primary N) is 1. The zero-order valence-electron chi connectivity index (χ0n) is 11.2. The van der Waals surface area contributed by atoms with Crippen molar-refractivity contribution in [3.05, 3.63) is 35.4 Å². The summed E-state index contributed by atoms with van der Waals surface area (Å²) in [5.41, 5.74) is 6.07. The number of alkyl halides is 3. The number of amides is 1. The lowest BCUT2D eigenvalue weighted by atomic mass is 10.1. The van der Waals surface area contributed by atoms with Crippen molar-refractivity contribution >= 4 is 11.7 Å². The van der Waals surface area contributed by atoms with Gasteiger partial charge in [0.1, 0.15) is 0 Å². The van der Waals surface area contributed by atoms with Crippen molar-refractivity contribution in [2.24, 2.45) is 10.9 Å². The van der Waals surface area contributed by atoms with Gasteiger partial charge >= 0.3 is 6.18 Å². The lowest BCUT2D eigenvalue weighted by Gasteiger charge is -2.08. The van der Waals surface area contributed by atoms with E-state index in [1.54, 1.807) is 12.1 Å². The highest BCUT2D eigenvalue weighted by atomic mass is 19.4. The van der Waals surface area contributed by atoms with Crippen molar-refractivity contribution in [1.29, 1.82) is 0 Å². The van der Waals surface area contributed by atoms with Gasteiger partial charge in [-0.3, -0.25) is 4.79 Å². The molecule has 0 bridgehead atoms. The van der Waals surface area contributed by atoms with Crippen molar-refractivity contribution < 1.29 is 23.2 Å². The van der Waals surface area contributed by atoms with Crippen LogP contribution in [0.25, 0.3) is 0 Å². The van der Waals surface area contributed by atoms with E-state index in [2.05, 4.69) is 10.5 Å². The second kappa shape index (κ2) is 7.51. The standard InChI is InChI=1S/C13H16F3N3O2/c14-13(15,16)6-1-2-7-18-12(20)10-5-3-4-9(8-10)11(17)19-21/h3-5,8,21H,1-2,6-7H2,(H2,17,19)(H,18,20). The van der Waals surface area contributed by atoms with Gasteiger partial charge < -0.3 is 16.3 Å². The number of hydrogen-bond acceptors (Lipinski definition) is 3. The van der Waals surface area contributed by atoms with E-state index in [0.29, 0.717) is 5.56 Å². The maximum Gasteiger partial charge on any atom is 0.389 e. The Morgan fingerprint density at radius 2 is 1.95 bits per heavy atom. The Bertz CT molecular complexity index is 516. The largest absolute Gasteiger partial charge is 0.409 e. The summed E-state index contributed by atoms with van der Waals surface area (Å²) < 4.78 is 35.8. The molecule has 0 saturated carbocycles. The van der Waals surface area contributed by atoms with Crippen molar-refractivity contribution in [2.75, 3.05) is 6.54 Å². The number of halogens is 3. The summed E-state index contributed by atoms with van der Waals surface area (Å²) in [6, 6.07) is 6.08. The van der Waals surface area contributed by atoms with Gasteiger partial charge in [-0.05, 0) is 25.0 Å². The van der Waals surface area contributed by atoms with E-state index in [4.69, 9.17) is 10.9 Å². The molecule has 0 spiro atoms. The number of unbranched alkanes of at least 4 members (excludes halogenated alkanes) is 1. The molecule has 1 rings (SSSR count). The van der Waals surface area contributed by atoms with Crippen LogP contribution in [-0.2, 0) is 0 Å². The van der Waals surface area contributed by atoms with Crippen LogP contribution in [0, 0.1) is 0 Å². The van der Waals surface area contributed by atoms with Gasteiger partial charge in [0.2, 0.25) is 0 Å². The molecular formula is C13H16F3N3O2. The molecule has 5 nitrogen and oxygen atoms in total. The van der Waals surface area contributed by atoms with Crippen LogP contribution in [0.2, 0.25) is 0 Å². The van der Waals surface area contributed by atoms with Crippen molar-refractivity contribution in [3.63, 3.8) is 0 Å². The summed E-state index contributed by atoms with van der Waals surface area (Å²) in [4.78, 5) is 11.8. The molecule has 0 aromatic heterocycles. The molecule has 0 aliphatic carbocycles. The Hall–Kier alpha value is -2.25. The lowest BCUT2D eigenvalue weighted by molar-refractivity contribution is -0.135. The minimum atomic E-state index is -4.17. The molecule has 0 radical (unpaired) electrons. The number of carbonyl (C=O) groups excluding carboxylic acids is 1. The first-order valence-corrected chi connectivity index (χ1v) is 6.26. The third-order valence-corrected chi connectivity index (χ3v) is 2.70. The zero-order valence-corrected chi connectivity index (χ0v) is 11.2. The third-order valence-electron chi connectivity index (χ3n) is 2.70. The molecule has 0 aliphatic heterocycles. The smallest absolute Gasteiger partial charge is 0.389 e. The normalized spacial score (nSPS) is 12.2. The summed E-state index contributed by atoms with van der Waals surface area (Å²) in [7, 11) is 0. The van der Waals surface area contributed by atoms with Crippen LogP contribution < -0.4 is 11.1 Å². The Balaban J connectivity index is 2.46. The summed E-state index contributed by atoms with van der Waals surface area (Å²) in [6.07, 6.45) is -4.82. The highest BCUT2D eigenvalue weighted by Crippen LogP contribution is 2.21. The predicted molar refractivity (Wildman–Crippen MR) is 71.2 cm³/mol. The van der Waals surface area contributed by atoms with Gasteiger partial charge in [0.15, 0.2) is 5.84 Å². The zero-order chi connectivity index (χ0) is 15.9. The number of nitrogens with zero attached hydrogens (tertiary/aromatic N) is 1. The second-order valence-corrected chi connectivity index (χ2v) is 4.39. The van der Waals surface area contributed by atoms with Crippen LogP contribution in [0.1, 0.15) is 35.2 Å². The predicted octanol–water partition coefficient (Wildman–Crippen LogP) is 2.24. The number of benzene rings is 1. The Labute approximate surface area is 119 Å². The average molecular weight is 303 g/mol. The summed E-state index contributed by atoms with van der Waals surface area (Å²) in [6.45, 7) is 0.155. The van der Waals surface area contributed by atoms with Crippen LogP contribution in [0.15, 0.2) is 29.4 Å². The van der Waals surface area contributed by atoms with Gasteiger partial charge in [0.05, 0.1) is 0 Å². The number of rotatable bonds is 6. The Kier molecular flexibility index (Phi) is 6.01. The molecule has 1 amide bonds. The number of hydrogen-bond donors (Lipinski definition) is 3. The molecule has 0 heterocycles. The summed E-state index contributed by atoms with van der Waals surface area (Å²) >= 11 is 0. The maximum absolute atomic E-state index is 11.9. The van der Waals surface area contributed by atoms with Crippen LogP contribution >= 0.6 is 0 Å². The molecule has 0 atom stereocenters. The molecule has 21 heavy (non-hydrogen) atoms. The van der Waals surface area contributed by atoms with E-state index in [9.17, 15) is 18.0 Å². The van der Waals surface area contributed by atoms with E-state index in [1.165, 1.54) is 12.1 Å². The van der Waals surface area contributed by atoms with Crippen LogP contribution in [-0.4, -0.2) is 29.7 Å². The minimum absolute atomic E-state index is 0.0338. The monoisotopic (exact) mass is 303 g/mol. The fourth-order valence-corrected chi connectivity index (χ4v) is 1.63. The van der Waals surface area contributed by atoms with Crippen molar-refractivity contribution in [2.45, 2.75) is 25.4 Å². The molecule has 1 aromatic carbocycles.